The van der Waals surface area contributed by atoms with Crippen LogP contribution in [0.3, 0.4) is 0 Å². The Kier molecular flexibility index (Phi) is 4.98. The maximum atomic E-state index is 13.0. The van der Waals surface area contributed by atoms with Crippen molar-refractivity contribution >= 4 is 22.8 Å². The fourth-order valence-corrected chi connectivity index (χ4v) is 3.54. The summed E-state index contributed by atoms with van der Waals surface area (Å²) in [5.41, 5.74) is 1.40. The number of nitrogens with zero attached hydrogens (tertiary/aromatic N) is 4. The van der Waals surface area contributed by atoms with Gasteiger partial charge in [-0.3, -0.25) is 9.36 Å². The minimum atomic E-state index is -0.443. The zero-order valence-electron chi connectivity index (χ0n) is 16.0. The van der Waals surface area contributed by atoms with E-state index in [0.717, 1.165) is 11.3 Å². The number of rotatable bonds is 5. The summed E-state index contributed by atoms with van der Waals surface area (Å²) in [7, 11) is 1.61. The molecule has 2 aromatic carbocycles. The second kappa shape index (κ2) is 7.60. The van der Waals surface area contributed by atoms with E-state index in [0.29, 0.717) is 28.4 Å². The number of hydrogen-bond donors (Lipinski definition) is 0. The first-order chi connectivity index (χ1) is 14.0. The third kappa shape index (κ3) is 3.34. The predicted molar refractivity (Wildman–Crippen MR) is 112 cm³/mol. The number of ether oxygens (including phenoxy) is 1. The van der Waals surface area contributed by atoms with Gasteiger partial charge in [0, 0.05) is 18.1 Å². The molecule has 0 aliphatic heterocycles. The molecule has 0 unspecified atom stereocenters. The van der Waals surface area contributed by atoms with Crippen molar-refractivity contribution in [1.29, 1.82) is 0 Å². The molecule has 0 radical (unpaired) electrons. The molecule has 2 aromatic heterocycles. The van der Waals surface area contributed by atoms with Gasteiger partial charge in [0.2, 0.25) is 0 Å². The molecule has 7 nitrogen and oxygen atoms in total. The normalized spacial score (nSPS) is 11.1. The highest BCUT2D eigenvalue weighted by atomic mass is 35.5. The Morgan fingerprint density at radius 1 is 1.10 bits per heavy atom. The summed E-state index contributed by atoms with van der Waals surface area (Å²) in [5, 5.41) is 0.495. The third-order valence-corrected chi connectivity index (χ3v) is 5.03. The second-order valence-corrected chi connectivity index (χ2v) is 6.98. The number of methoxy groups -OCH3 is 1. The lowest BCUT2D eigenvalue weighted by Crippen LogP contribution is -2.39. The van der Waals surface area contributed by atoms with Crippen molar-refractivity contribution in [3.05, 3.63) is 86.3 Å². The van der Waals surface area contributed by atoms with E-state index in [4.69, 9.17) is 16.3 Å². The van der Waals surface area contributed by atoms with Crippen LogP contribution in [0.15, 0.2) is 64.4 Å². The van der Waals surface area contributed by atoms with Crippen LogP contribution in [0.25, 0.3) is 16.9 Å². The number of aromatic nitrogens is 4. The van der Waals surface area contributed by atoms with Crippen LogP contribution in [-0.2, 0) is 13.1 Å². The first kappa shape index (κ1) is 19.0. The second-order valence-electron chi connectivity index (χ2n) is 6.54. The molecule has 148 valence electrons. The van der Waals surface area contributed by atoms with Crippen LogP contribution < -0.4 is 16.0 Å². The van der Waals surface area contributed by atoms with Gasteiger partial charge in [-0.1, -0.05) is 29.8 Å². The average Bonchev–Trinajstić information content (AvgIpc) is 3.12. The molecule has 0 atom stereocenters. The maximum Gasteiger partial charge on any atom is 0.337 e. The summed E-state index contributed by atoms with van der Waals surface area (Å²) < 4.78 is 9.58. The van der Waals surface area contributed by atoms with Gasteiger partial charge < -0.3 is 9.30 Å². The molecular weight excluding hydrogens is 392 g/mol. The smallest absolute Gasteiger partial charge is 0.337 e. The zero-order valence-corrected chi connectivity index (χ0v) is 16.8. The molecule has 0 amide bonds. The molecule has 2 heterocycles. The largest absolute Gasteiger partial charge is 0.497 e. The van der Waals surface area contributed by atoms with Crippen LogP contribution in [-0.4, -0.2) is 25.8 Å². The van der Waals surface area contributed by atoms with Crippen molar-refractivity contribution < 1.29 is 4.74 Å². The van der Waals surface area contributed by atoms with E-state index in [-0.39, 0.29) is 12.1 Å². The molecule has 8 heteroatoms. The topological polar surface area (TPSA) is 71.0 Å². The Morgan fingerprint density at radius 3 is 2.52 bits per heavy atom. The summed E-state index contributed by atoms with van der Waals surface area (Å²) >= 11 is 6.12. The van der Waals surface area contributed by atoms with Crippen molar-refractivity contribution in [2.45, 2.75) is 20.0 Å². The predicted octanol–water partition coefficient (Wildman–Crippen LogP) is 3.08. The first-order valence-electron chi connectivity index (χ1n) is 9.13. The van der Waals surface area contributed by atoms with E-state index in [1.165, 1.54) is 9.13 Å². The van der Waals surface area contributed by atoms with Crippen LogP contribution in [0, 0.1) is 0 Å². The molecule has 0 bridgehead atoms. The van der Waals surface area contributed by atoms with E-state index in [1.54, 1.807) is 49.2 Å². The molecule has 0 aliphatic rings. The van der Waals surface area contributed by atoms with Gasteiger partial charge in [0.25, 0.3) is 5.56 Å². The lowest BCUT2D eigenvalue weighted by molar-refractivity contribution is 0.414. The fourth-order valence-electron chi connectivity index (χ4n) is 3.35. The molecule has 4 rings (SSSR count). The van der Waals surface area contributed by atoms with E-state index >= 15 is 0 Å². The minimum Gasteiger partial charge on any atom is -0.497 e. The third-order valence-electron chi connectivity index (χ3n) is 4.79. The van der Waals surface area contributed by atoms with Crippen molar-refractivity contribution in [3.8, 4) is 11.4 Å². The molecule has 0 spiro atoms. The van der Waals surface area contributed by atoms with E-state index in [1.807, 2.05) is 24.3 Å². The molecular formula is C21H19ClN4O3. The number of halogens is 1. The van der Waals surface area contributed by atoms with Gasteiger partial charge in [-0.15, -0.1) is 0 Å². The Morgan fingerprint density at radius 2 is 1.86 bits per heavy atom. The van der Waals surface area contributed by atoms with Crippen LogP contribution in [0.1, 0.15) is 12.5 Å². The molecule has 0 fully saturated rings. The SMILES string of the molecule is CCn1c(=O)c2c(ncn2Cc2ccc(OC)cc2)n(-c2cccc(Cl)c2)c1=O. The molecule has 0 saturated carbocycles. The highest BCUT2D eigenvalue weighted by Gasteiger charge is 2.18. The van der Waals surface area contributed by atoms with Crippen molar-refractivity contribution in [2.75, 3.05) is 7.11 Å². The van der Waals surface area contributed by atoms with Crippen LogP contribution in [0.4, 0.5) is 0 Å². The van der Waals surface area contributed by atoms with E-state index < -0.39 is 5.69 Å². The molecule has 29 heavy (non-hydrogen) atoms. The Bertz CT molecular complexity index is 1300. The quantitative estimate of drug-likeness (QED) is 0.507. The highest BCUT2D eigenvalue weighted by Crippen LogP contribution is 2.18. The maximum absolute atomic E-state index is 13.0. The van der Waals surface area contributed by atoms with Crippen LogP contribution in [0.2, 0.25) is 5.02 Å². The van der Waals surface area contributed by atoms with Crippen LogP contribution in [0.5, 0.6) is 5.75 Å². The minimum absolute atomic E-state index is 0.252. The van der Waals surface area contributed by atoms with Gasteiger partial charge in [0.15, 0.2) is 11.2 Å². The number of fused-ring (bicyclic) bond motifs is 1. The van der Waals surface area contributed by atoms with E-state index in [9.17, 15) is 9.59 Å². The number of imidazole rings is 1. The summed E-state index contributed by atoms with van der Waals surface area (Å²) in [6, 6.07) is 14.5. The first-order valence-corrected chi connectivity index (χ1v) is 9.51. The fraction of sp³-hybridized carbons (Fsp3) is 0.190. The standard InChI is InChI=1S/C21H19ClN4O3/c1-3-25-20(27)18-19(26(21(25)28)16-6-4-5-15(22)11-16)23-13-24(18)12-14-7-9-17(29-2)10-8-14/h4-11,13H,3,12H2,1-2H3. The monoisotopic (exact) mass is 410 g/mol. The van der Waals surface area contributed by atoms with Gasteiger partial charge in [-0.2, -0.15) is 0 Å². The summed E-state index contributed by atoms with van der Waals surface area (Å²) in [6.45, 7) is 2.45. The summed E-state index contributed by atoms with van der Waals surface area (Å²) in [6.07, 6.45) is 1.58. The zero-order chi connectivity index (χ0) is 20.5. The molecule has 0 saturated heterocycles. The molecule has 4 aromatic rings. The van der Waals surface area contributed by atoms with Crippen LogP contribution >= 0.6 is 11.6 Å². The van der Waals surface area contributed by atoms with Crippen molar-refractivity contribution in [3.63, 3.8) is 0 Å². The highest BCUT2D eigenvalue weighted by molar-refractivity contribution is 6.30. The number of benzene rings is 2. The van der Waals surface area contributed by atoms with Gasteiger partial charge in [0.05, 0.1) is 19.1 Å². The summed E-state index contributed by atoms with van der Waals surface area (Å²) in [4.78, 5) is 30.4. The number of hydrogen-bond acceptors (Lipinski definition) is 4. The lowest BCUT2D eigenvalue weighted by Gasteiger charge is -2.12. The Labute approximate surface area is 171 Å². The van der Waals surface area contributed by atoms with E-state index in [2.05, 4.69) is 4.98 Å². The van der Waals surface area contributed by atoms with Gasteiger partial charge in [-0.25, -0.2) is 14.3 Å². The van der Waals surface area contributed by atoms with Gasteiger partial charge in [-0.05, 0) is 42.8 Å². The Balaban J connectivity index is 1.94. The van der Waals surface area contributed by atoms with Crippen molar-refractivity contribution in [2.24, 2.45) is 0 Å². The average molecular weight is 411 g/mol. The molecule has 0 N–H and O–H groups in total. The van der Waals surface area contributed by atoms with Crippen molar-refractivity contribution in [1.82, 2.24) is 18.7 Å². The summed E-state index contributed by atoms with van der Waals surface area (Å²) in [5.74, 6) is 0.757. The van der Waals surface area contributed by atoms with Gasteiger partial charge in [0.1, 0.15) is 5.75 Å². The Hall–Kier alpha value is -3.32. The lowest BCUT2D eigenvalue weighted by atomic mass is 10.2. The van der Waals surface area contributed by atoms with Gasteiger partial charge >= 0.3 is 5.69 Å². The molecule has 0 aliphatic carbocycles.